The van der Waals surface area contributed by atoms with E-state index < -0.39 is 0 Å². The number of amides is 1. The lowest BCUT2D eigenvalue weighted by Gasteiger charge is -2.33. The van der Waals surface area contributed by atoms with E-state index in [0.717, 1.165) is 30.3 Å². The number of carbonyl (C=O) groups is 1. The highest BCUT2D eigenvalue weighted by molar-refractivity contribution is 7.17. The molecule has 8 heteroatoms. The Morgan fingerprint density at radius 2 is 1.88 bits per heavy atom. The van der Waals surface area contributed by atoms with Crippen LogP contribution in [0.1, 0.15) is 28.8 Å². The monoisotopic (exact) mass is 492 g/mol. The van der Waals surface area contributed by atoms with E-state index in [-0.39, 0.29) is 17.4 Å². The average molecular weight is 493 g/mol. The highest BCUT2D eigenvalue weighted by atomic mass is 32.1. The van der Waals surface area contributed by atoms with Crippen LogP contribution in [0.5, 0.6) is 0 Å². The molecule has 0 radical (unpaired) electrons. The van der Waals surface area contributed by atoms with Gasteiger partial charge in [0.25, 0.3) is 5.56 Å². The zero-order valence-corrected chi connectivity index (χ0v) is 20.8. The minimum absolute atomic E-state index is 0.00161. The van der Waals surface area contributed by atoms with Crippen LogP contribution in [0, 0.1) is 12.8 Å². The fourth-order valence-electron chi connectivity index (χ4n) is 4.44. The van der Waals surface area contributed by atoms with Crippen LogP contribution in [-0.2, 0) is 17.8 Å². The van der Waals surface area contributed by atoms with E-state index in [0.29, 0.717) is 36.8 Å². The molecule has 1 saturated heterocycles. The maximum Gasteiger partial charge on any atom is 0.273 e. The molecule has 1 aromatic carbocycles. The summed E-state index contributed by atoms with van der Waals surface area (Å²) in [5.74, 6) is 0.837. The summed E-state index contributed by atoms with van der Waals surface area (Å²) in [5.41, 5.74) is 3.02. The minimum atomic E-state index is 0.00161. The second-order valence-electron chi connectivity index (χ2n) is 8.81. The van der Waals surface area contributed by atoms with Gasteiger partial charge in [-0.1, -0.05) is 35.9 Å². The summed E-state index contributed by atoms with van der Waals surface area (Å²) < 4.78 is 2.49. The normalized spacial score (nSPS) is 14.6. The van der Waals surface area contributed by atoms with Gasteiger partial charge in [-0.25, -0.2) is 4.98 Å². The Hall–Kier alpha value is -2.97. The quantitative estimate of drug-likeness (QED) is 0.414. The van der Waals surface area contributed by atoms with Gasteiger partial charge in [-0.05, 0) is 54.6 Å². The molecule has 4 heterocycles. The van der Waals surface area contributed by atoms with Crippen LogP contribution in [0.3, 0.4) is 0 Å². The standard InChI is InChI=1S/C26H28N4O2S2/c1-18-4-6-19(7-5-18)17-30-25(32)23-22(11-16-34-23)28-26(30)29-13-9-20(10-14-29)24(31)27-12-8-21-3-2-15-33-21/h2-7,11,15-16,20H,8-10,12-14,17H2,1H3,(H,27,31). The fraction of sp³-hybridized carbons (Fsp3) is 0.346. The molecule has 0 bridgehead atoms. The van der Waals surface area contributed by atoms with E-state index in [1.54, 1.807) is 15.9 Å². The molecule has 1 fully saturated rings. The van der Waals surface area contributed by atoms with E-state index in [4.69, 9.17) is 4.98 Å². The van der Waals surface area contributed by atoms with Gasteiger partial charge in [-0.2, -0.15) is 0 Å². The molecule has 6 nitrogen and oxygen atoms in total. The number of hydrogen-bond acceptors (Lipinski definition) is 6. The number of carbonyl (C=O) groups excluding carboxylic acids is 1. The Labute approximate surface area is 206 Å². The second kappa shape index (κ2) is 10.1. The largest absolute Gasteiger partial charge is 0.355 e. The Bertz CT molecular complexity index is 1320. The van der Waals surface area contributed by atoms with E-state index in [2.05, 4.69) is 52.9 Å². The molecule has 1 aliphatic heterocycles. The first-order valence-electron chi connectivity index (χ1n) is 11.7. The second-order valence-corrected chi connectivity index (χ2v) is 10.8. The topological polar surface area (TPSA) is 67.2 Å². The summed E-state index contributed by atoms with van der Waals surface area (Å²) in [4.78, 5) is 34.4. The maximum atomic E-state index is 13.4. The average Bonchev–Trinajstić information content (AvgIpc) is 3.54. The van der Waals surface area contributed by atoms with Crippen LogP contribution in [-0.4, -0.2) is 35.1 Å². The molecule has 1 aliphatic rings. The zero-order valence-electron chi connectivity index (χ0n) is 19.2. The van der Waals surface area contributed by atoms with Crippen molar-refractivity contribution in [2.24, 2.45) is 5.92 Å². The Morgan fingerprint density at radius 3 is 2.62 bits per heavy atom. The molecule has 4 aromatic rings. The maximum absolute atomic E-state index is 13.4. The van der Waals surface area contributed by atoms with Crippen LogP contribution in [0.2, 0.25) is 0 Å². The van der Waals surface area contributed by atoms with E-state index >= 15 is 0 Å². The van der Waals surface area contributed by atoms with Gasteiger partial charge in [0.2, 0.25) is 11.9 Å². The number of nitrogens with zero attached hydrogens (tertiary/aromatic N) is 3. The number of rotatable bonds is 7. The molecule has 0 saturated carbocycles. The number of thiophene rings is 2. The number of aryl methyl sites for hydroxylation is 1. The van der Waals surface area contributed by atoms with Crippen molar-refractivity contribution in [3.63, 3.8) is 0 Å². The van der Waals surface area contributed by atoms with Gasteiger partial charge in [-0.3, -0.25) is 14.2 Å². The van der Waals surface area contributed by atoms with Gasteiger partial charge in [0.05, 0.1) is 12.1 Å². The van der Waals surface area contributed by atoms with E-state index in [1.165, 1.54) is 21.8 Å². The first-order valence-corrected chi connectivity index (χ1v) is 13.4. The third-order valence-corrected chi connectivity index (χ3v) is 8.23. The molecule has 0 unspecified atom stereocenters. The molecule has 1 N–H and O–H groups in total. The number of anilines is 1. The molecule has 3 aromatic heterocycles. The first-order chi connectivity index (χ1) is 16.6. The van der Waals surface area contributed by atoms with Gasteiger partial charge in [-0.15, -0.1) is 22.7 Å². The Balaban J connectivity index is 1.29. The van der Waals surface area contributed by atoms with E-state index in [9.17, 15) is 9.59 Å². The van der Waals surface area contributed by atoms with Crippen molar-refractivity contribution in [2.75, 3.05) is 24.5 Å². The number of fused-ring (bicyclic) bond motifs is 1. The fourth-order valence-corrected chi connectivity index (χ4v) is 5.93. The summed E-state index contributed by atoms with van der Waals surface area (Å²) in [6, 6.07) is 14.3. The predicted molar refractivity (Wildman–Crippen MR) is 140 cm³/mol. The van der Waals surface area contributed by atoms with Crippen molar-refractivity contribution in [1.29, 1.82) is 0 Å². The number of hydrogen-bond donors (Lipinski definition) is 1. The van der Waals surface area contributed by atoms with Crippen LogP contribution in [0.4, 0.5) is 5.95 Å². The van der Waals surface area contributed by atoms with Crippen molar-refractivity contribution < 1.29 is 4.79 Å². The Kier molecular flexibility index (Phi) is 6.78. The smallest absolute Gasteiger partial charge is 0.273 e. The van der Waals surface area contributed by atoms with Crippen molar-refractivity contribution in [1.82, 2.24) is 14.9 Å². The SMILES string of the molecule is Cc1ccc(Cn2c(N3CCC(C(=O)NCCc4cccs4)CC3)nc3ccsc3c2=O)cc1. The highest BCUT2D eigenvalue weighted by Gasteiger charge is 2.27. The van der Waals surface area contributed by atoms with Gasteiger partial charge in [0.15, 0.2) is 0 Å². The summed E-state index contributed by atoms with van der Waals surface area (Å²) in [5, 5.41) is 7.09. The summed E-state index contributed by atoms with van der Waals surface area (Å²) in [6.45, 7) is 4.63. The highest BCUT2D eigenvalue weighted by Crippen LogP contribution is 2.25. The summed E-state index contributed by atoms with van der Waals surface area (Å²) in [6.07, 6.45) is 2.39. The minimum Gasteiger partial charge on any atom is -0.355 e. The zero-order chi connectivity index (χ0) is 23.5. The van der Waals surface area contributed by atoms with Crippen molar-refractivity contribution in [3.8, 4) is 0 Å². The molecule has 5 rings (SSSR count). The van der Waals surface area contributed by atoms with Gasteiger partial charge in [0.1, 0.15) is 4.70 Å². The summed E-state index contributed by atoms with van der Waals surface area (Å²) in [7, 11) is 0. The van der Waals surface area contributed by atoms with Crippen molar-refractivity contribution in [2.45, 2.75) is 32.7 Å². The van der Waals surface area contributed by atoms with Crippen LogP contribution in [0.15, 0.2) is 58.0 Å². The van der Waals surface area contributed by atoms with Crippen molar-refractivity contribution >= 4 is 44.7 Å². The molecule has 1 amide bonds. The van der Waals surface area contributed by atoms with Crippen LogP contribution >= 0.6 is 22.7 Å². The molecule has 0 spiro atoms. The van der Waals surface area contributed by atoms with Gasteiger partial charge < -0.3 is 10.2 Å². The number of piperidine rings is 1. The Morgan fingerprint density at radius 1 is 1.09 bits per heavy atom. The molecule has 0 atom stereocenters. The van der Waals surface area contributed by atoms with Gasteiger partial charge in [0, 0.05) is 30.4 Å². The lowest BCUT2D eigenvalue weighted by atomic mass is 9.96. The molecule has 176 valence electrons. The van der Waals surface area contributed by atoms with Gasteiger partial charge >= 0.3 is 0 Å². The van der Waals surface area contributed by atoms with Crippen molar-refractivity contribution in [3.05, 3.63) is 79.6 Å². The lowest BCUT2D eigenvalue weighted by molar-refractivity contribution is -0.125. The predicted octanol–water partition coefficient (Wildman–Crippen LogP) is 4.45. The van der Waals surface area contributed by atoms with E-state index in [1.807, 2.05) is 17.5 Å². The third-order valence-electron chi connectivity index (χ3n) is 6.41. The first kappa shape index (κ1) is 22.8. The molecular weight excluding hydrogens is 464 g/mol. The van der Waals surface area contributed by atoms with Crippen LogP contribution in [0.25, 0.3) is 10.2 Å². The lowest BCUT2D eigenvalue weighted by Crippen LogP contribution is -2.43. The number of benzene rings is 1. The number of nitrogens with one attached hydrogen (secondary N) is 1. The molecule has 34 heavy (non-hydrogen) atoms. The third kappa shape index (κ3) is 4.93. The molecular formula is C26H28N4O2S2. The molecule has 0 aliphatic carbocycles. The summed E-state index contributed by atoms with van der Waals surface area (Å²) >= 11 is 3.16. The number of aromatic nitrogens is 2. The van der Waals surface area contributed by atoms with Crippen LogP contribution < -0.4 is 15.8 Å².